The summed E-state index contributed by atoms with van der Waals surface area (Å²) in [5, 5.41) is 28.6. The van der Waals surface area contributed by atoms with E-state index in [0.29, 0.717) is 11.3 Å². The summed E-state index contributed by atoms with van der Waals surface area (Å²) in [5.41, 5.74) is 0.808. The summed E-state index contributed by atoms with van der Waals surface area (Å²) >= 11 is 0. The lowest BCUT2D eigenvalue weighted by Gasteiger charge is -2.42. The molecule has 0 aromatic heterocycles. The number of carbonyl (C=O) groups excluding carboxylic acids is 4. The molecule has 45 heavy (non-hydrogen) atoms. The molecule has 5 atom stereocenters. The van der Waals surface area contributed by atoms with E-state index < -0.39 is 59.5 Å². The number of hydrogen-bond donors (Lipinski definition) is 6. The van der Waals surface area contributed by atoms with Crippen LogP contribution in [0.15, 0.2) is 54.6 Å². The number of nitrogens with one attached hydrogen (secondary N) is 3. The van der Waals surface area contributed by atoms with E-state index in [1.54, 1.807) is 37.3 Å². The van der Waals surface area contributed by atoms with Gasteiger partial charge in [-0.25, -0.2) is 4.18 Å². The Morgan fingerprint density at radius 3 is 2.27 bits per heavy atom. The van der Waals surface area contributed by atoms with E-state index in [0.717, 1.165) is 0 Å². The van der Waals surface area contributed by atoms with Gasteiger partial charge >= 0.3 is 10.4 Å². The van der Waals surface area contributed by atoms with E-state index in [1.165, 1.54) is 36.1 Å². The van der Waals surface area contributed by atoms with E-state index in [1.807, 2.05) is 0 Å². The minimum Gasteiger partial charge on any atom is -0.463 e. The van der Waals surface area contributed by atoms with Crippen molar-refractivity contribution in [3.8, 4) is 5.75 Å². The normalized spacial score (nSPS) is 21.3. The molecule has 1 heterocycles. The van der Waals surface area contributed by atoms with Gasteiger partial charge in [-0.3, -0.25) is 23.7 Å². The molecule has 16 nitrogen and oxygen atoms in total. The Labute approximate surface area is 259 Å². The van der Waals surface area contributed by atoms with E-state index in [-0.39, 0.29) is 43.6 Å². The molecule has 2 unspecified atom stereocenters. The first kappa shape index (κ1) is 35.4. The average molecular weight is 653 g/mol. The number of benzene rings is 2. The molecule has 0 aliphatic carbocycles. The fraction of sp³-hybridized carbons (Fsp3) is 0.429. The Bertz CT molecular complexity index is 1420. The summed E-state index contributed by atoms with van der Waals surface area (Å²) in [6.45, 7) is 1.96. The number of amides is 4. The van der Waals surface area contributed by atoms with Crippen LogP contribution in [0.25, 0.3) is 0 Å². The molecular formula is C28H36N4O12S. The number of rotatable bonds is 14. The molecule has 1 aliphatic rings. The maximum absolute atomic E-state index is 12.6. The van der Waals surface area contributed by atoms with Crippen molar-refractivity contribution in [1.29, 1.82) is 0 Å². The first-order chi connectivity index (χ1) is 21.3. The van der Waals surface area contributed by atoms with Crippen LogP contribution in [0.3, 0.4) is 0 Å². The first-order valence-electron chi connectivity index (χ1n) is 13.9. The standard InChI is InChI=1S/C28H36N4O12S/c1-3-23(35)32(16-29-27(38)18-7-5-4-6-8-18)14-13-22(34)31-19-9-11-20(12-10-19)43-28-24(30-17(2)33)26(37)25(36)21(44-28)15-42-45(39,40)41/h4-12,21,24-26,28,36-37H,3,13-16H2,1-2H3,(H,29,38)(H,30,33)(H,31,34)(H,39,40,41)/t21?,24?,25-,26+,28+/m0/s1. The summed E-state index contributed by atoms with van der Waals surface area (Å²) in [4.78, 5) is 50.4. The largest absolute Gasteiger partial charge is 0.463 e. The monoisotopic (exact) mass is 652 g/mol. The smallest absolute Gasteiger partial charge is 0.397 e. The van der Waals surface area contributed by atoms with Gasteiger partial charge in [0.05, 0.1) is 13.3 Å². The summed E-state index contributed by atoms with van der Waals surface area (Å²) < 4.78 is 46.3. The number of carbonyl (C=O) groups is 4. The van der Waals surface area contributed by atoms with Crippen LogP contribution >= 0.6 is 0 Å². The Kier molecular flexibility index (Phi) is 12.8. The number of aliphatic hydroxyl groups excluding tert-OH is 2. The molecule has 0 spiro atoms. The Morgan fingerprint density at radius 2 is 1.67 bits per heavy atom. The molecule has 6 N–H and O–H groups in total. The molecule has 2 aromatic carbocycles. The molecule has 1 fully saturated rings. The molecule has 2 aromatic rings. The lowest BCUT2D eigenvalue weighted by molar-refractivity contribution is -0.242. The summed E-state index contributed by atoms with van der Waals surface area (Å²) in [6, 6.07) is 13.1. The van der Waals surface area contributed by atoms with Crippen molar-refractivity contribution in [2.24, 2.45) is 0 Å². The van der Waals surface area contributed by atoms with Gasteiger partial charge < -0.3 is 40.5 Å². The summed E-state index contributed by atoms with van der Waals surface area (Å²) in [7, 11) is -4.87. The second-order valence-electron chi connectivity index (χ2n) is 9.94. The van der Waals surface area contributed by atoms with Crippen LogP contribution in [0.2, 0.25) is 0 Å². The highest BCUT2D eigenvalue weighted by Gasteiger charge is 2.46. The third-order valence-corrected chi connectivity index (χ3v) is 7.01. The molecule has 0 saturated carbocycles. The number of aliphatic hydroxyl groups is 2. The lowest BCUT2D eigenvalue weighted by Crippen LogP contribution is -2.65. The molecule has 1 aliphatic heterocycles. The Hall–Kier alpha value is -4.13. The van der Waals surface area contributed by atoms with Gasteiger partial charge in [0.25, 0.3) is 5.91 Å². The zero-order valence-corrected chi connectivity index (χ0v) is 25.3. The highest BCUT2D eigenvalue weighted by Crippen LogP contribution is 2.26. The van der Waals surface area contributed by atoms with Crippen LogP contribution in [-0.2, 0) is 33.7 Å². The van der Waals surface area contributed by atoms with Crippen molar-refractivity contribution in [2.75, 3.05) is 25.1 Å². The first-order valence-corrected chi connectivity index (χ1v) is 15.2. The molecule has 17 heteroatoms. The molecule has 4 amide bonds. The van der Waals surface area contributed by atoms with Crippen molar-refractivity contribution in [1.82, 2.24) is 15.5 Å². The van der Waals surface area contributed by atoms with Gasteiger partial charge in [-0.05, 0) is 36.4 Å². The number of anilines is 1. The van der Waals surface area contributed by atoms with Crippen molar-refractivity contribution in [2.45, 2.75) is 57.3 Å². The quantitative estimate of drug-likeness (QED) is 0.115. The van der Waals surface area contributed by atoms with E-state index in [4.69, 9.17) is 14.0 Å². The Balaban J connectivity index is 1.58. The number of nitrogens with zero attached hydrogens (tertiary/aromatic N) is 1. The predicted octanol–water partition coefficient (Wildman–Crippen LogP) is -0.209. The molecule has 246 valence electrons. The van der Waals surface area contributed by atoms with Crippen LogP contribution in [0.5, 0.6) is 5.75 Å². The molecule has 3 rings (SSSR count). The zero-order valence-electron chi connectivity index (χ0n) is 24.5. The van der Waals surface area contributed by atoms with Gasteiger partial charge in [-0.1, -0.05) is 25.1 Å². The maximum Gasteiger partial charge on any atom is 0.397 e. The van der Waals surface area contributed by atoms with Crippen LogP contribution in [-0.4, -0.2) is 102 Å². The highest BCUT2D eigenvalue weighted by molar-refractivity contribution is 7.80. The molecular weight excluding hydrogens is 616 g/mol. The number of ether oxygens (including phenoxy) is 2. The van der Waals surface area contributed by atoms with Crippen LogP contribution in [0.1, 0.15) is 37.0 Å². The summed E-state index contributed by atoms with van der Waals surface area (Å²) in [6.07, 6.45) is -6.13. The third-order valence-electron chi connectivity index (χ3n) is 6.57. The van der Waals surface area contributed by atoms with E-state index in [2.05, 4.69) is 20.1 Å². The predicted molar refractivity (Wildman–Crippen MR) is 157 cm³/mol. The fourth-order valence-corrected chi connectivity index (χ4v) is 4.60. The van der Waals surface area contributed by atoms with Crippen molar-refractivity contribution >= 4 is 39.7 Å². The zero-order chi connectivity index (χ0) is 33.1. The minimum atomic E-state index is -4.87. The SMILES string of the molecule is CCC(=O)N(CCC(=O)Nc1ccc(O[C@@H]2OC(COS(=O)(=O)O)[C@H](O)[C@H](O)C2NC(C)=O)cc1)CNC(=O)c1ccccc1. The second-order valence-corrected chi connectivity index (χ2v) is 11.0. The third kappa shape index (κ3) is 11.1. The van der Waals surface area contributed by atoms with Gasteiger partial charge in [0.1, 0.15) is 30.1 Å². The van der Waals surface area contributed by atoms with Crippen LogP contribution in [0, 0.1) is 0 Å². The average Bonchev–Trinajstić information content (AvgIpc) is 3.00. The van der Waals surface area contributed by atoms with Gasteiger partial charge in [0.2, 0.25) is 24.0 Å². The minimum absolute atomic E-state index is 0.0506. The van der Waals surface area contributed by atoms with Gasteiger partial charge in [-0.2, -0.15) is 8.42 Å². The van der Waals surface area contributed by atoms with Crippen molar-refractivity contribution in [3.05, 3.63) is 60.2 Å². The Morgan fingerprint density at radius 1 is 1.00 bits per heavy atom. The molecule has 0 radical (unpaired) electrons. The molecule has 1 saturated heterocycles. The van der Waals surface area contributed by atoms with Crippen LogP contribution in [0.4, 0.5) is 5.69 Å². The van der Waals surface area contributed by atoms with Crippen molar-refractivity contribution in [3.63, 3.8) is 0 Å². The summed E-state index contributed by atoms with van der Waals surface area (Å²) in [5.74, 6) is -1.44. The molecule has 0 bridgehead atoms. The lowest BCUT2D eigenvalue weighted by atomic mass is 9.97. The van der Waals surface area contributed by atoms with Crippen molar-refractivity contribution < 1.29 is 56.0 Å². The maximum atomic E-state index is 12.6. The van der Waals surface area contributed by atoms with Gasteiger partial charge in [-0.15, -0.1) is 0 Å². The number of hydrogen-bond acceptors (Lipinski definition) is 11. The fourth-order valence-electron chi connectivity index (χ4n) is 4.30. The van der Waals surface area contributed by atoms with E-state index in [9.17, 15) is 37.8 Å². The second kappa shape index (κ2) is 16.3. The van der Waals surface area contributed by atoms with Gasteiger partial charge in [0, 0.05) is 37.6 Å². The highest BCUT2D eigenvalue weighted by atomic mass is 32.3. The van der Waals surface area contributed by atoms with Crippen LogP contribution < -0.4 is 20.7 Å². The van der Waals surface area contributed by atoms with Gasteiger partial charge in [0.15, 0.2) is 0 Å². The topological polar surface area (TPSA) is 230 Å². The van der Waals surface area contributed by atoms with E-state index >= 15 is 0 Å².